The smallest absolute Gasteiger partial charge is 0.163 e. The van der Waals surface area contributed by atoms with Crippen LogP contribution in [0.15, 0.2) is 36.4 Å². The molecule has 21 heavy (non-hydrogen) atoms. The van der Waals surface area contributed by atoms with Gasteiger partial charge in [-0.2, -0.15) is 0 Å². The second-order valence-corrected chi connectivity index (χ2v) is 5.86. The molecule has 0 bridgehead atoms. The number of hydrogen-bond acceptors (Lipinski definition) is 4. The normalized spacial score (nSPS) is 19.3. The molecule has 1 atom stereocenters. The van der Waals surface area contributed by atoms with Gasteiger partial charge in [-0.1, -0.05) is 37.3 Å². The fourth-order valence-corrected chi connectivity index (χ4v) is 2.82. The molecule has 4 heteroatoms. The molecule has 4 nitrogen and oxygen atoms in total. The molecule has 2 heterocycles. The van der Waals surface area contributed by atoms with E-state index in [0.29, 0.717) is 11.6 Å². The summed E-state index contributed by atoms with van der Waals surface area (Å²) in [5, 5.41) is 0. The average molecular weight is 282 g/mol. The summed E-state index contributed by atoms with van der Waals surface area (Å²) in [6, 6.07) is 11.9. The molecule has 1 aromatic heterocycles. The SMILES string of the molecule is CC1CCCN(c2cc(N)nc(-c3ccccc3)n2)CC1. The van der Waals surface area contributed by atoms with Gasteiger partial charge < -0.3 is 10.6 Å². The molecule has 0 saturated carbocycles. The fourth-order valence-electron chi connectivity index (χ4n) is 2.82. The Kier molecular flexibility index (Phi) is 4.04. The van der Waals surface area contributed by atoms with Crippen LogP contribution in [0.4, 0.5) is 11.6 Å². The molecule has 3 rings (SSSR count). The van der Waals surface area contributed by atoms with Gasteiger partial charge in [-0.15, -0.1) is 0 Å². The number of anilines is 2. The van der Waals surface area contributed by atoms with Crippen LogP contribution in [0.1, 0.15) is 26.2 Å². The van der Waals surface area contributed by atoms with E-state index in [0.717, 1.165) is 30.4 Å². The zero-order valence-electron chi connectivity index (χ0n) is 12.5. The van der Waals surface area contributed by atoms with Crippen molar-refractivity contribution in [3.63, 3.8) is 0 Å². The van der Waals surface area contributed by atoms with Crippen molar-refractivity contribution in [1.82, 2.24) is 9.97 Å². The lowest BCUT2D eigenvalue weighted by Crippen LogP contribution is -2.25. The highest BCUT2D eigenvalue weighted by molar-refractivity contribution is 5.60. The first-order valence-corrected chi connectivity index (χ1v) is 7.67. The highest BCUT2D eigenvalue weighted by atomic mass is 15.2. The summed E-state index contributed by atoms with van der Waals surface area (Å²) in [7, 11) is 0. The third-order valence-corrected chi connectivity index (χ3v) is 4.11. The number of aromatic nitrogens is 2. The first kappa shape index (κ1) is 13.9. The molecular weight excluding hydrogens is 260 g/mol. The lowest BCUT2D eigenvalue weighted by atomic mass is 10.0. The summed E-state index contributed by atoms with van der Waals surface area (Å²) in [5.41, 5.74) is 7.00. The quantitative estimate of drug-likeness (QED) is 0.917. The standard InChI is InChI=1S/C17H22N4/c1-13-6-5-10-21(11-9-13)16-12-15(18)19-17(20-16)14-7-3-2-4-8-14/h2-4,7-8,12-13H,5-6,9-11H2,1H3,(H2,18,19,20). The molecule has 1 aliphatic heterocycles. The lowest BCUT2D eigenvalue weighted by molar-refractivity contribution is 0.521. The van der Waals surface area contributed by atoms with Crippen molar-refractivity contribution in [2.75, 3.05) is 23.7 Å². The Labute approximate surface area is 126 Å². The highest BCUT2D eigenvalue weighted by Crippen LogP contribution is 2.24. The van der Waals surface area contributed by atoms with Crippen LogP contribution >= 0.6 is 0 Å². The number of nitrogens with zero attached hydrogens (tertiary/aromatic N) is 3. The Morgan fingerprint density at radius 3 is 2.71 bits per heavy atom. The van der Waals surface area contributed by atoms with Crippen LogP contribution in [0.2, 0.25) is 0 Å². The second kappa shape index (κ2) is 6.12. The van der Waals surface area contributed by atoms with E-state index in [1.54, 1.807) is 0 Å². The van der Waals surface area contributed by atoms with E-state index in [2.05, 4.69) is 16.8 Å². The van der Waals surface area contributed by atoms with Gasteiger partial charge in [0.05, 0.1) is 0 Å². The van der Waals surface area contributed by atoms with Gasteiger partial charge in [-0.05, 0) is 25.2 Å². The molecule has 0 radical (unpaired) electrons. The van der Waals surface area contributed by atoms with E-state index in [4.69, 9.17) is 10.7 Å². The van der Waals surface area contributed by atoms with Crippen molar-refractivity contribution in [2.24, 2.45) is 5.92 Å². The average Bonchev–Trinajstić information content (AvgIpc) is 2.72. The van der Waals surface area contributed by atoms with E-state index in [1.165, 1.54) is 19.3 Å². The number of hydrogen-bond donors (Lipinski definition) is 1. The predicted octanol–water partition coefficient (Wildman–Crippen LogP) is 3.35. The molecule has 110 valence electrons. The topological polar surface area (TPSA) is 55.0 Å². The maximum Gasteiger partial charge on any atom is 0.163 e. The van der Waals surface area contributed by atoms with Crippen LogP contribution in [0, 0.1) is 5.92 Å². The van der Waals surface area contributed by atoms with Crippen molar-refractivity contribution in [1.29, 1.82) is 0 Å². The molecule has 0 spiro atoms. The van der Waals surface area contributed by atoms with Crippen LogP contribution in [0.25, 0.3) is 11.4 Å². The number of rotatable bonds is 2. The van der Waals surface area contributed by atoms with E-state index in [-0.39, 0.29) is 0 Å². The Bertz CT molecular complexity index is 597. The van der Waals surface area contributed by atoms with Gasteiger partial charge in [0.1, 0.15) is 11.6 Å². The first-order valence-electron chi connectivity index (χ1n) is 7.67. The van der Waals surface area contributed by atoms with Crippen molar-refractivity contribution >= 4 is 11.6 Å². The van der Waals surface area contributed by atoms with Crippen LogP contribution in [0.5, 0.6) is 0 Å². The summed E-state index contributed by atoms with van der Waals surface area (Å²) in [6.45, 7) is 4.42. The predicted molar refractivity (Wildman–Crippen MR) is 87.1 cm³/mol. The molecule has 1 unspecified atom stereocenters. The largest absolute Gasteiger partial charge is 0.384 e. The number of nitrogens with two attached hydrogens (primary N) is 1. The molecular formula is C17H22N4. The minimum absolute atomic E-state index is 0.538. The van der Waals surface area contributed by atoms with Crippen molar-refractivity contribution in [3.8, 4) is 11.4 Å². The third-order valence-electron chi connectivity index (χ3n) is 4.11. The van der Waals surface area contributed by atoms with E-state index < -0.39 is 0 Å². The van der Waals surface area contributed by atoms with Crippen LogP contribution in [-0.2, 0) is 0 Å². The molecule has 0 aliphatic carbocycles. The van der Waals surface area contributed by atoms with Crippen LogP contribution in [-0.4, -0.2) is 23.1 Å². The van der Waals surface area contributed by atoms with E-state index in [9.17, 15) is 0 Å². The monoisotopic (exact) mass is 282 g/mol. The Hall–Kier alpha value is -2.10. The van der Waals surface area contributed by atoms with Gasteiger partial charge in [0.2, 0.25) is 0 Å². The highest BCUT2D eigenvalue weighted by Gasteiger charge is 2.16. The zero-order chi connectivity index (χ0) is 14.7. The third kappa shape index (κ3) is 3.32. The van der Waals surface area contributed by atoms with E-state index >= 15 is 0 Å². The zero-order valence-corrected chi connectivity index (χ0v) is 12.5. The van der Waals surface area contributed by atoms with Crippen LogP contribution in [0.3, 0.4) is 0 Å². The van der Waals surface area contributed by atoms with Crippen LogP contribution < -0.4 is 10.6 Å². The molecule has 0 amide bonds. The first-order chi connectivity index (χ1) is 10.2. The minimum atomic E-state index is 0.538. The van der Waals surface area contributed by atoms with Gasteiger partial charge in [-0.25, -0.2) is 9.97 Å². The maximum absolute atomic E-state index is 5.99. The summed E-state index contributed by atoms with van der Waals surface area (Å²) in [6.07, 6.45) is 3.72. The molecule has 1 aliphatic rings. The lowest BCUT2D eigenvalue weighted by Gasteiger charge is -2.22. The summed E-state index contributed by atoms with van der Waals surface area (Å²) in [5.74, 6) is 3.00. The summed E-state index contributed by atoms with van der Waals surface area (Å²) in [4.78, 5) is 11.4. The van der Waals surface area contributed by atoms with Crippen molar-refractivity contribution < 1.29 is 0 Å². The van der Waals surface area contributed by atoms with Gasteiger partial charge in [-0.3, -0.25) is 0 Å². The fraction of sp³-hybridized carbons (Fsp3) is 0.412. The maximum atomic E-state index is 5.99. The molecule has 2 aromatic rings. The number of benzene rings is 1. The van der Waals surface area contributed by atoms with Crippen molar-refractivity contribution in [2.45, 2.75) is 26.2 Å². The Balaban J connectivity index is 1.91. The molecule has 1 aromatic carbocycles. The Morgan fingerprint density at radius 1 is 1.10 bits per heavy atom. The van der Waals surface area contributed by atoms with Gasteiger partial charge in [0.25, 0.3) is 0 Å². The summed E-state index contributed by atoms with van der Waals surface area (Å²) < 4.78 is 0. The summed E-state index contributed by atoms with van der Waals surface area (Å²) >= 11 is 0. The number of nitrogen functional groups attached to an aromatic ring is 1. The van der Waals surface area contributed by atoms with E-state index in [1.807, 2.05) is 36.4 Å². The van der Waals surface area contributed by atoms with Gasteiger partial charge in [0.15, 0.2) is 5.82 Å². The molecule has 1 fully saturated rings. The van der Waals surface area contributed by atoms with Gasteiger partial charge >= 0.3 is 0 Å². The Morgan fingerprint density at radius 2 is 1.90 bits per heavy atom. The van der Waals surface area contributed by atoms with Gasteiger partial charge in [0, 0.05) is 24.7 Å². The molecule has 1 saturated heterocycles. The molecule has 2 N–H and O–H groups in total. The minimum Gasteiger partial charge on any atom is -0.384 e. The second-order valence-electron chi connectivity index (χ2n) is 5.86. The van der Waals surface area contributed by atoms with Crippen molar-refractivity contribution in [3.05, 3.63) is 36.4 Å².